The van der Waals surface area contributed by atoms with Gasteiger partial charge in [-0.25, -0.2) is 18.2 Å². The fraction of sp³-hybridized carbons (Fsp3) is 0.727. The number of aromatic nitrogens is 2. The lowest BCUT2D eigenvalue weighted by Gasteiger charge is -2.03. The van der Waals surface area contributed by atoms with Gasteiger partial charge in [-0.2, -0.15) is 0 Å². The predicted octanol–water partition coefficient (Wildman–Crippen LogP) is 0.476. The predicted molar refractivity (Wildman–Crippen MR) is 75.4 cm³/mol. The van der Waals surface area contributed by atoms with Crippen LogP contribution in [0.5, 0.6) is 0 Å². The molecule has 1 aliphatic carbocycles. The summed E-state index contributed by atoms with van der Waals surface area (Å²) in [5, 5.41) is 15.4. The van der Waals surface area contributed by atoms with Gasteiger partial charge in [0.1, 0.15) is 6.29 Å². The van der Waals surface area contributed by atoms with Crippen molar-refractivity contribution < 1.29 is 13.2 Å². The lowest BCUT2D eigenvalue weighted by atomic mass is 10.0. The maximum Gasteiger partial charge on any atom is 0.267 e. The standard InChI is InChI=1S/C8H14O.C3H6N4O2S2/c1-7(2)6(5-9)8(7,3)4;1-7-2(4)10-3(6-7)11(5,8)9/h5-6H,1-4H3;4H,1H3,(H2,5,8,9). The first-order valence-corrected chi connectivity index (χ1v) is 8.29. The second-order valence-corrected chi connectivity index (χ2v) is 8.61. The topological polar surface area (TPSA) is 119 Å². The molecule has 0 bridgehead atoms. The van der Waals surface area contributed by atoms with Gasteiger partial charge >= 0.3 is 0 Å². The number of carbonyl (C=O) groups excluding carboxylic acids is 1. The number of primary sulfonamides is 1. The summed E-state index contributed by atoms with van der Waals surface area (Å²) < 4.78 is 22.2. The third-order valence-corrected chi connectivity index (χ3v) is 6.45. The Hall–Kier alpha value is -1.06. The molecule has 1 aromatic rings. The van der Waals surface area contributed by atoms with Crippen molar-refractivity contribution in [1.29, 1.82) is 5.41 Å². The van der Waals surface area contributed by atoms with Crippen LogP contribution in [0.25, 0.3) is 0 Å². The zero-order valence-electron chi connectivity index (χ0n) is 12.2. The van der Waals surface area contributed by atoms with E-state index in [-0.39, 0.29) is 25.9 Å². The quantitative estimate of drug-likeness (QED) is 0.770. The van der Waals surface area contributed by atoms with Crippen molar-refractivity contribution in [1.82, 2.24) is 9.78 Å². The van der Waals surface area contributed by atoms with Gasteiger partial charge in [0, 0.05) is 13.0 Å². The molecule has 1 aromatic heterocycles. The van der Waals surface area contributed by atoms with Crippen molar-refractivity contribution >= 4 is 27.6 Å². The molecule has 0 radical (unpaired) electrons. The summed E-state index contributed by atoms with van der Waals surface area (Å²) in [4.78, 5) is 10.4. The molecule has 1 aliphatic rings. The van der Waals surface area contributed by atoms with Crippen LogP contribution in [-0.2, 0) is 21.9 Å². The number of aldehydes is 1. The van der Waals surface area contributed by atoms with E-state index in [0.717, 1.165) is 22.3 Å². The minimum absolute atomic E-state index is 0.0500. The van der Waals surface area contributed by atoms with Crippen molar-refractivity contribution in [3.8, 4) is 0 Å². The van der Waals surface area contributed by atoms with Gasteiger partial charge in [-0.05, 0) is 10.8 Å². The summed E-state index contributed by atoms with van der Waals surface area (Å²) in [6, 6.07) is 0. The second kappa shape index (κ2) is 5.05. The number of carbonyl (C=O) groups is 1. The summed E-state index contributed by atoms with van der Waals surface area (Å²) in [6.45, 7) is 8.58. The molecule has 1 heterocycles. The molecule has 0 atom stereocenters. The zero-order valence-corrected chi connectivity index (χ0v) is 13.8. The Bertz CT molecular complexity index is 656. The molecule has 0 unspecified atom stereocenters. The molecule has 0 amide bonds. The summed E-state index contributed by atoms with van der Waals surface area (Å²) >= 11 is 0.727. The van der Waals surface area contributed by atoms with E-state index in [4.69, 9.17) is 10.5 Å². The lowest BCUT2D eigenvalue weighted by Crippen LogP contribution is -2.13. The number of nitrogens with zero attached hydrogens (tertiary/aromatic N) is 2. The monoisotopic (exact) mass is 320 g/mol. The maximum atomic E-state index is 10.6. The SMILES string of the molecule is CC1(C)C(C=O)C1(C)C.Cn1nc(S(N)(=O)=O)sc1=N. The summed E-state index contributed by atoms with van der Waals surface area (Å²) in [5.74, 6) is 0.282. The molecule has 7 nitrogen and oxygen atoms in total. The van der Waals surface area contributed by atoms with Crippen LogP contribution in [0.15, 0.2) is 4.34 Å². The first-order valence-electron chi connectivity index (χ1n) is 5.92. The third kappa shape index (κ3) is 2.99. The molecule has 0 aliphatic heterocycles. The molecular weight excluding hydrogens is 300 g/mol. The van der Waals surface area contributed by atoms with Crippen LogP contribution in [0.3, 0.4) is 0 Å². The molecule has 9 heteroatoms. The highest BCUT2D eigenvalue weighted by Crippen LogP contribution is 2.67. The Morgan fingerprint density at radius 1 is 1.35 bits per heavy atom. The van der Waals surface area contributed by atoms with Crippen molar-refractivity contribution in [2.45, 2.75) is 32.0 Å². The van der Waals surface area contributed by atoms with Crippen LogP contribution in [-0.4, -0.2) is 24.5 Å². The minimum Gasteiger partial charge on any atom is -0.303 e. The first kappa shape index (κ1) is 17.0. The van der Waals surface area contributed by atoms with E-state index in [0.29, 0.717) is 0 Å². The molecule has 0 saturated heterocycles. The number of nitrogens with one attached hydrogen (secondary N) is 1. The number of rotatable bonds is 2. The van der Waals surface area contributed by atoms with Crippen LogP contribution in [0.2, 0.25) is 0 Å². The van der Waals surface area contributed by atoms with Gasteiger partial charge < -0.3 is 4.79 Å². The van der Waals surface area contributed by atoms with E-state index >= 15 is 0 Å². The number of hydrogen-bond donors (Lipinski definition) is 2. The van der Waals surface area contributed by atoms with Crippen molar-refractivity contribution in [2.24, 2.45) is 28.9 Å². The fourth-order valence-corrected chi connectivity index (χ4v) is 3.48. The van der Waals surface area contributed by atoms with Gasteiger partial charge in [-0.3, -0.25) is 5.41 Å². The molecular formula is C11H20N4O3S2. The van der Waals surface area contributed by atoms with Gasteiger partial charge in [0.05, 0.1) is 0 Å². The van der Waals surface area contributed by atoms with Crippen molar-refractivity contribution in [2.75, 3.05) is 0 Å². The molecule has 20 heavy (non-hydrogen) atoms. The van der Waals surface area contributed by atoms with Crippen molar-refractivity contribution in [3.63, 3.8) is 0 Å². The zero-order chi connectivity index (χ0) is 15.9. The van der Waals surface area contributed by atoms with Crippen LogP contribution in [0.4, 0.5) is 0 Å². The fourth-order valence-electron chi connectivity index (χ4n) is 2.04. The third-order valence-electron chi connectivity index (χ3n) is 4.22. The highest BCUT2D eigenvalue weighted by Gasteiger charge is 2.64. The molecule has 114 valence electrons. The molecule has 0 aromatic carbocycles. The van der Waals surface area contributed by atoms with E-state index in [9.17, 15) is 13.2 Å². The van der Waals surface area contributed by atoms with Gasteiger partial charge in [-0.1, -0.05) is 39.0 Å². The largest absolute Gasteiger partial charge is 0.303 e. The number of nitrogens with two attached hydrogens (primary N) is 1. The van der Waals surface area contributed by atoms with E-state index in [1.807, 2.05) is 0 Å². The van der Waals surface area contributed by atoms with Crippen LogP contribution in [0.1, 0.15) is 27.7 Å². The van der Waals surface area contributed by atoms with Gasteiger partial charge in [0.15, 0.2) is 0 Å². The van der Waals surface area contributed by atoms with Crippen LogP contribution < -0.4 is 9.94 Å². The molecule has 1 saturated carbocycles. The van der Waals surface area contributed by atoms with E-state index in [2.05, 4.69) is 32.8 Å². The Morgan fingerprint density at radius 3 is 1.90 bits per heavy atom. The Kier molecular flexibility index (Phi) is 4.29. The van der Waals surface area contributed by atoms with Gasteiger partial charge in [0.25, 0.3) is 10.0 Å². The van der Waals surface area contributed by atoms with E-state index in [1.165, 1.54) is 7.05 Å². The maximum absolute atomic E-state index is 10.6. The number of hydrogen-bond acceptors (Lipinski definition) is 6. The second-order valence-electron chi connectivity index (χ2n) is 5.90. The van der Waals surface area contributed by atoms with E-state index in [1.54, 1.807) is 0 Å². The molecule has 1 fully saturated rings. The van der Waals surface area contributed by atoms with Crippen LogP contribution in [0, 0.1) is 22.2 Å². The Balaban J connectivity index is 0.000000204. The lowest BCUT2D eigenvalue weighted by molar-refractivity contribution is -0.109. The van der Waals surface area contributed by atoms with Crippen molar-refractivity contribution in [3.05, 3.63) is 4.80 Å². The van der Waals surface area contributed by atoms with Crippen LogP contribution >= 0.6 is 11.3 Å². The number of aryl methyl sites for hydroxylation is 1. The molecule has 0 spiro atoms. The summed E-state index contributed by atoms with van der Waals surface area (Å²) in [7, 11) is -2.26. The smallest absolute Gasteiger partial charge is 0.267 e. The molecule has 2 rings (SSSR count). The summed E-state index contributed by atoms with van der Waals surface area (Å²) in [5.41, 5.74) is 0.490. The van der Waals surface area contributed by atoms with Gasteiger partial charge in [0.2, 0.25) is 9.14 Å². The minimum atomic E-state index is -3.74. The van der Waals surface area contributed by atoms with Gasteiger partial charge in [-0.15, -0.1) is 5.10 Å². The number of sulfonamides is 1. The average Bonchev–Trinajstić information content (AvgIpc) is 2.54. The highest BCUT2D eigenvalue weighted by molar-refractivity contribution is 7.91. The molecule has 3 N–H and O–H groups in total. The Labute approximate surface area is 122 Å². The van der Waals surface area contributed by atoms with E-state index < -0.39 is 10.0 Å². The highest BCUT2D eigenvalue weighted by atomic mass is 32.2. The normalized spacial score (nSPS) is 19.9. The first-order chi connectivity index (χ1) is 8.85. The Morgan fingerprint density at radius 2 is 1.80 bits per heavy atom. The summed E-state index contributed by atoms with van der Waals surface area (Å²) in [6.07, 6.45) is 1.08. The average molecular weight is 320 g/mol.